The molecule has 7 heteroatoms. The number of oxazole rings is 1. The molecule has 0 saturated heterocycles. The van der Waals surface area contributed by atoms with Crippen molar-refractivity contribution >= 4 is 20.9 Å². The van der Waals surface area contributed by atoms with Crippen LogP contribution in [-0.2, 0) is 16.4 Å². The molecule has 128 valence electrons. The van der Waals surface area contributed by atoms with Crippen LogP contribution in [-0.4, -0.2) is 47.9 Å². The minimum absolute atomic E-state index is 0.0540. The SMILES string of the molecule is CCN(Cc1nc2cc(S(=O)(=O)CC)ccc2o1)CC(C)(C)O. The fourth-order valence-corrected chi connectivity index (χ4v) is 3.30. The standard InChI is InChI=1S/C16H24N2O4S/c1-5-18(11-16(3,4)19)10-15-17-13-9-12(23(20,21)6-2)7-8-14(13)22-15/h7-9,19H,5-6,10-11H2,1-4H3. The van der Waals surface area contributed by atoms with Crippen LogP contribution < -0.4 is 0 Å². The largest absolute Gasteiger partial charge is 0.439 e. The molecule has 1 aromatic heterocycles. The fraction of sp³-hybridized carbons (Fsp3) is 0.562. The molecule has 1 N–H and O–H groups in total. The zero-order valence-corrected chi connectivity index (χ0v) is 14.9. The van der Waals surface area contributed by atoms with Crippen LogP contribution in [0.1, 0.15) is 33.6 Å². The highest BCUT2D eigenvalue weighted by molar-refractivity contribution is 7.91. The average molecular weight is 340 g/mol. The van der Waals surface area contributed by atoms with Gasteiger partial charge in [-0.2, -0.15) is 0 Å². The molecule has 1 aromatic carbocycles. The molecule has 2 aromatic rings. The Labute approximate surface area is 137 Å². The normalized spacial score (nSPS) is 13.1. The fourth-order valence-electron chi connectivity index (χ4n) is 2.40. The van der Waals surface area contributed by atoms with Crippen LogP contribution in [0.2, 0.25) is 0 Å². The molecule has 6 nitrogen and oxygen atoms in total. The molecule has 0 atom stereocenters. The van der Waals surface area contributed by atoms with Gasteiger partial charge in [-0.05, 0) is 38.6 Å². The zero-order chi connectivity index (χ0) is 17.3. The minimum Gasteiger partial charge on any atom is -0.439 e. The van der Waals surface area contributed by atoms with Crippen LogP contribution in [0.25, 0.3) is 11.1 Å². The summed E-state index contributed by atoms with van der Waals surface area (Å²) < 4.78 is 29.6. The molecule has 1 heterocycles. The molecule has 0 aliphatic heterocycles. The third-order valence-corrected chi connectivity index (χ3v) is 5.29. The molecule has 0 amide bonds. The molecule has 0 radical (unpaired) electrons. The summed E-state index contributed by atoms with van der Waals surface area (Å²) in [6.45, 7) is 8.83. The second kappa shape index (κ2) is 6.59. The molecule has 2 rings (SSSR count). The van der Waals surface area contributed by atoms with Crippen molar-refractivity contribution in [3.05, 3.63) is 24.1 Å². The first-order valence-electron chi connectivity index (χ1n) is 7.71. The zero-order valence-electron chi connectivity index (χ0n) is 14.0. The number of aromatic nitrogens is 1. The summed E-state index contributed by atoms with van der Waals surface area (Å²) in [6, 6.07) is 4.73. The van der Waals surface area contributed by atoms with E-state index in [9.17, 15) is 13.5 Å². The van der Waals surface area contributed by atoms with Gasteiger partial charge in [0, 0.05) is 6.54 Å². The Morgan fingerprint density at radius 3 is 2.57 bits per heavy atom. The molecule has 0 fully saturated rings. The molecule has 0 aliphatic rings. The number of hydrogen-bond donors (Lipinski definition) is 1. The van der Waals surface area contributed by atoms with Gasteiger partial charge in [-0.25, -0.2) is 13.4 Å². The van der Waals surface area contributed by atoms with Crippen molar-refractivity contribution < 1.29 is 17.9 Å². The summed E-state index contributed by atoms with van der Waals surface area (Å²) in [5, 5.41) is 9.93. The van der Waals surface area contributed by atoms with Crippen LogP contribution in [0, 0.1) is 0 Å². The molecule has 0 unspecified atom stereocenters. The van der Waals surface area contributed by atoms with Gasteiger partial charge in [0.1, 0.15) is 5.52 Å². The van der Waals surface area contributed by atoms with E-state index in [4.69, 9.17) is 4.42 Å². The van der Waals surface area contributed by atoms with Crippen molar-refractivity contribution in [3.63, 3.8) is 0 Å². The van der Waals surface area contributed by atoms with Gasteiger partial charge in [0.2, 0.25) is 5.89 Å². The van der Waals surface area contributed by atoms with E-state index in [1.165, 1.54) is 0 Å². The monoisotopic (exact) mass is 340 g/mol. The van der Waals surface area contributed by atoms with Crippen molar-refractivity contribution in [2.75, 3.05) is 18.8 Å². The van der Waals surface area contributed by atoms with Crippen molar-refractivity contribution in [3.8, 4) is 0 Å². The third-order valence-electron chi connectivity index (χ3n) is 3.56. The van der Waals surface area contributed by atoms with E-state index in [1.54, 1.807) is 39.0 Å². The number of nitrogens with zero attached hydrogens (tertiary/aromatic N) is 2. The Kier molecular flexibility index (Phi) is 5.13. The predicted octanol–water partition coefficient (Wildman–Crippen LogP) is 2.21. The molecular weight excluding hydrogens is 316 g/mol. The number of benzene rings is 1. The lowest BCUT2D eigenvalue weighted by atomic mass is 10.1. The summed E-state index contributed by atoms with van der Waals surface area (Å²) in [7, 11) is -3.26. The van der Waals surface area contributed by atoms with E-state index in [0.29, 0.717) is 30.1 Å². The maximum absolute atomic E-state index is 11.9. The van der Waals surface area contributed by atoms with E-state index >= 15 is 0 Å². The maximum atomic E-state index is 11.9. The summed E-state index contributed by atoms with van der Waals surface area (Å²) in [4.78, 5) is 6.67. The summed E-state index contributed by atoms with van der Waals surface area (Å²) >= 11 is 0. The lowest BCUT2D eigenvalue weighted by molar-refractivity contribution is 0.0330. The number of aliphatic hydroxyl groups is 1. The van der Waals surface area contributed by atoms with E-state index in [-0.39, 0.29) is 10.6 Å². The van der Waals surface area contributed by atoms with Crippen molar-refractivity contribution in [1.82, 2.24) is 9.88 Å². The highest BCUT2D eigenvalue weighted by Gasteiger charge is 2.20. The van der Waals surface area contributed by atoms with Gasteiger partial charge < -0.3 is 9.52 Å². The Balaban J connectivity index is 2.26. The van der Waals surface area contributed by atoms with Crippen molar-refractivity contribution in [2.45, 2.75) is 44.7 Å². The Morgan fingerprint density at radius 1 is 1.30 bits per heavy atom. The quantitative estimate of drug-likeness (QED) is 0.832. The van der Waals surface area contributed by atoms with Crippen LogP contribution in [0.15, 0.2) is 27.5 Å². The summed E-state index contributed by atoms with van der Waals surface area (Å²) in [5.41, 5.74) is 0.299. The van der Waals surface area contributed by atoms with E-state index in [2.05, 4.69) is 4.98 Å². The van der Waals surface area contributed by atoms with Gasteiger partial charge in [-0.1, -0.05) is 13.8 Å². The smallest absolute Gasteiger partial charge is 0.209 e. The van der Waals surface area contributed by atoms with Gasteiger partial charge in [0.15, 0.2) is 15.4 Å². The van der Waals surface area contributed by atoms with Crippen LogP contribution in [0.3, 0.4) is 0 Å². The van der Waals surface area contributed by atoms with Gasteiger partial charge in [-0.15, -0.1) is 0 Å². The molecule has 0 aliphatic carbocycles. The van der Waals surface area contributed by atoms with Crippen LogP contribution in [0.4, 0.5) is 0 Å². The van der Waals surface area contributed by atoms with E-state index < -0.39 is 15.4 Å². The topological polar surface area (TPSA) is 83.6 Å². The van der Waals surface area contributed by atoms with Gasteiger partial charge in [0.25, 0.3) is 0 Å². The lowest BCUT2D eigenvalue weighted by Crippen LogP contribution is -2.38. The van der Waals surface area contributed by atoms with Crippen molar-refractivity contribution in [2.24, 2.45) is 0 Å². The van der Waals surface area contributed by atoms with Crippen molar-refractivity contribution in [1.29, 1.82) is 0 Å². The Morgan fingerprint density at radius 2 is 2.00 bits per heavy atom. The number of fused-ring (bicyclic) bond motifs is 1. The van der Waals surface area contributed by atoms with E-state index in [0.717, 1.165) is 6.54 Å². The number of sulfone groups is 1. The first-order chi connectivity index (χ1) is 10.6. The highest BCUT2D eigenvalue weighted by atomic mass is 32.2. The predicted molar refractivity (Wildman–Crippen MR) is 89.0 cm³/mol. The summed E-state index contributed by atoms with van der Waals surface area (Å²) in [5.74, 6) is 0.565. The third kappa shape index (κ3) is 4.53. The van der Waals surface area contributed by atoms with Gasteiger partial charge >= 0.3 is 0 Å². The highest BCUT2D eigenvalue weighted by Crippen LogP contribution is 2.22. The number of rotatable bonds is 7. The van der Waals surface area contributed by atoms with Crippen LogP contribution in [0.5, 0.6) is 0 Å². The Hall–Kier alpha value is -1.44. The average Bonchev–Trinajstić information content (AvgIpc) is 2.86. The second-order valence-electron chi connectivity index (χ2n) is 6.26. The first kappa shape index (κ1) is 17.9. The number of likely N-dealkylation sites (N-methyl/N-ethyl adjacent to an activating group) is 1. The molecule has 0 bridgehead atoms. The maximum Gasteiger partial charge on any atom is 0.209 e. The first-order valence-corrected chi connectivity index (χ1v) is 9.37. The second-order valence-corrected chi connectivity index (χ2v) is 8.53. The van der Waals surface area contributed by atoms with Crippen LogP contribution >= 0.6 is 0 Å². The van der Waals surface area contributed by atoms with Gasteiger partial charge in [-0.3, -0.25) is 4.90 Å². The lowest BCUT2D eigenvalue weighted by Gasteiger charge is -2.26. The number of hydrogen-bond acceptors (Lipinski definition) is 6. The van der Waals surface area contributed by atoms with E-state index in [1.807, 2.05) is 11.8 Å². The molecule has 23 heavy (non-hydrogen) atoms. The molecular formula is C16H24N2O4S. The molecule has 0 saturated carbocycles. The minimum atomic E-state index is -3.26. The summed E-state index contributed by atoms with van der Waals surface area (Å²) in [6.07, 6.45) is 0. The van der Waals surface area contributed by atoms with Gasteiger partial charge in [0.05, 0.1) is 22.8 Å². The molecule has 0 spiro atoms. The Bertz CT molecular complexity index is 775.